The molecule has 4 aromatic rings. The summed E-state index contributed by atoms with van der Waals surface area (Å²) in [4.78, 5) is 5.15. The molecule has 6 heteroatoms. The van der Waals surface area contributed by atoms with Crippen molar-refractivity contribution < 1.29 is 13.2 Å². The molecule has 0 bridgehead atoms. The van der Waals surface area contributed by atoms with E-state index < -0.39 is 9.84 Å². The molecule has 0 saturated heterocycles. The topological polar surface area (TPSA) is 60.7 Å². The van der Waals surface area contributed by atoms with Crippen LogP contribution in [-0.2, 0) is 9.84 Å². The van der Waals surface area contributed by atoms with Crippen LogP contribution in [-0.4, -0.2) is 30.7 Å². The summed E-state index contributed by atoms with van der Waals surface area (Å²) in [6, 6.07) is 18.8. The zero-order chi connectivity index (χ0) is 20.6. The van der Waals surface area contributed by atoms with Gasteiger partial charge in [0, 0.05) is 23.6 Å². The summed E-state index contributed by atoms with van der Waals surface area (Å²) in [5, 5.41) is 0. The molecule has 0 aliphatic rings. The van der Waals surface area contributed by atoms with Gasteiger partial charge in [-0.25, -0.2) is 13.4 Å². The number of hydrogen-bond donors (Lipinski definition) is 0. The largest absolute Gasteiger partial charge is 0.494 e. The third kappa shape index (κ3) is 3.76. The van der Waals surface area contributed by atoms with E-state index in [0.717, 1.165) is 39.5 Å². The number of aromatic nitrogens is 2. The molecule has 0 aliphatic heterocycles. The number of fused-ring (bicyclic) bond motifs is 1. The van der Waals surface area contributed by atoms with Gasteiger partial charge in [0.05, 0.1) is 22.9 Å². The lowest BCUT2D eigenvalue weighted by atomic mass is 10.0. The molecule has 0 aliphatic carbocycles. The van der Waals surface area contributed by atoms with Gasteiger partial charge in [-0.15, -0.1) is 0 Å². The highest BCUT2D eigenvalue weighted by Gasteiger charge is 2.17. The molecule has 0 N–H and O–H groups in total. The van der Waals surface area contributed by atoms with Gasteiger partial charge in [-0.05, 0) is 61.9 Å². The lowest BCUT2D eigenvalue weighted by Gasteiger charge is -2.08. The fraction of sp³-hybridized carbons (Fsp3) is 0.174. The Hall–Kier alpha value is -3.12. The van der Waals surface area contributed by atoms with Crippen LogP contribution in [0.3, 0.4) is 0 Å². The monoisotopic (exact) mass is 406 g/mol. The van der Waals surface area contributed by atoms with Crippen LogP contribution in [0, 0.1) is 6.92 Å². The minimum Gasteiger partial charge on any atom is -0.494 e. The van der Waals surface area contributed by atoms with E-state index in [1.54, 1.807) is 12.1 Å². The normalized spacial score (nSPS) is 11.7. The van der Waals surface area contributed by atoms with Crippen LogP contribution >= 0.6 is 0 Å². The van der Waals surface area contributed by atoms with E-state index in [9.17, 15) is 8.42 Å². The van der Waals surface area contributed by atoms with Crippen molar-refractivity contribution in [2.24, 2.45) is 0 Å². The molecule has 4 rings (SSSR count). The number of hydrogen-bond acceptors (Lipinski definition) is 4. The first-order valence-corrected chi connectivity index (χ1v) is 11.3. The first kappa shape index (κ1) is 19.2. The highest BCUT2D eigenvalue weighted by molar-refractivity contribution is 7.90. The summed E-state index contributed by atoms with van der Waals surface area (Å²) in [5.41, 5.74) is 5.58. The van der Waals surface area contributed by atoms with Crippen LogP contribution in [0.2, 0.25) is 0 Å². The zero-order valence-corrected chi connectivity index (χ0v) is 17.4. The minimum atomic E-state index is -3.25. The van der Waals surface area contributed by atoms with Gasteiger partial charge < -0.3 is 4.74 Å². The maximum atomic E-state index is 11.8. The van der Waals surface area contributed by atoms with Gasteiger partial charge in [0.2, 0.25) is 0 Å². The number of benzene rings is 2. The Morgan fingerprint density at radius 1 is 0.931 bits per heavy atom. The lowest BCUT2D eigenvalue weighted by molar-refractivity contribution is 0.340. The van der Waals surface area contributed by atoms with Gasteiger partial charge in [0.25, 0.3) is 0 Å². The molecule has 0 fully saturated rings. The Morgan fingerprint density at radius 2 is 1.59 bits per heavy atom. The predicted molar refractivity (Wildman–Crippen MR) is 115 cm³/mol. The Kier molecular flexibility index (Phi) is 4.88. The molecule has 0 amide bonds. The molecular weight excluding hydrogens is 384 g/mol. The number of sulfone groups is 1. The molecule has 0 atom stereocenters. The molecule has 2 aromatic heterocycles. The van der Waals surface area contributed by atoms with Crippen molar-refractivity contribution >= 4 is 15.5 Å². The van der Waals surface area contributed by atoms with E-state index in [0.29, 0.717) is 11.5 Å². The predicted octanol–water partition coefficient (Wildman–Crippen LogP) is 4.78. The van der Waals surface area contributed by atoms with Gasteiger partial charge >= 0.3 is 0 Å². The summed E-state index contributed by atoms with van der Waals surface area (Å²) >= 11 is 0. The Balaban J connectivity index is 1.91. The number of pyridine rings is 1. The molecule has 0 spiro atoms. The summed E-state index contributed by atoms with van der Waals surface area (Å²) < 4.78 is 31.3. The summed E-state index contributed by atoms with van der Waals surface area (Å²) in [5.74, 6) is 0.815. The maximum Gasteiger partial charge on any atom is 0.175 e. The van der Waals surface area contributed by atoms with Crippen molar-refractivity contribution in [2.45, 2.75) is 18.7 Å². The van der Waals surface area contributed by atoms with Gasteiger partial charge in [0.15, 0.2) is 9.84 Å². The second-order valence-corrected chi connectivity index (χ2v) is 9.01. The average Bonchev–Trinajstić information content (AvgIpc) is 3.07. The maximum absolute atomic E-state index is 11.8. The van der Waals surface area contributed by atoms with Crippen molar-refractivity contribution in [1.82, 2.24) is 9.38 Å². The number of rotatable bonds is 5. The van der Waals surface area contributed by atoms with Gasteiger partial charge in [-0.3, -0.25) is 4.40 Å². The highest BCUT2D eigenvalue weighted by atomic mass is 32.2. The van der Waals surface area contributed by atoms with Crippen LogP contribution in [0.25, 0.3) is 28.2 Å². The van der Waals surface area contributed by atoms with E-state index in [1.165, 1.54) is 6.26 Å². The molecule has 0 saturated carbocycles. The summed E-state index contributed by atoms with van der Waals surface area (Å²) in [7, 11) is -3.25. The van der Waals surface area contributed by atoms with Gasteiger partial charge in [0.1, 0.15) is 11.4 Å². The number of nitrogens with zero attached hydrogens (tertiary/aromatic N) is 2. The third-order valence-corrected chi connectivity index (χ3v) is 5.89. The van der Waals surface area contributed by atoms with Crippen molar-refractivity contribution in [3.05, 3.63) is 72.4 Å². The smallest absolute Gasteiger partial charge is 0.175 e. The van der Waals surface area contributed by atoms with Crippen LogP contribution < -0.4 is 4.74 Å². The first-order chi connectivity index (χ1) is 13.9. The molecule has 148 valence electrons. The van der Waals surface area contributed by atoms with Gasteiger partial charge in [-0.1, -0.05) is 18.2 Å². The summed E-state index contributed by atoms with van der Waals surface area (Å²) in [6.07, 6.45) is 3.26. The second-order valence-electron chi connectivity index (χ2n) is 7.00. The average molecular weight is 407 g/mol. The Bertz CT molecular complexity index is 1270. The van der Waals surface area contributed by atoms with E-state index >= 15 is 0 Å². The second kappa shape index (κ2) is 7.37. The molecular formula is C23H22N2O3S. The number of ether oxygens (including phenoxy) is 1. The van der Waals surface area contributed by atoms with Crippen LogP contribution in [0.4, 0.5) is 0 Å². The highest BCUT2D eigenvalue weighted by Crippen LogP contribution is 2.34. The zero-order valence-electron chi connectivity index (χ0n) is 16.6. The SMILES string of the molecule is CCOc1ccc(-c2nc3ccc(C)cn3c2-c2ccc(S(C)(=O)=O)cc2)cc1. The third-order valence-electron chi connectivity index (χ3n) is 4.76. The standard InChI is InChI=1S/C23H22N2O3S/c1-4-28-19-10-6-17(7-11-19)22-23(25-15-16(2)5-14-21(25)24-22)18-8-12-20(13-9-18)29(3,26)27/h5-15H,4H2,1-3H3. The van der Waals surface area contributed by atoms with E-state index in [2.05, 4.69) is 4.40 Å². The van der Waals surface area contributed by atoms with Crippen molar-refractivity contribution in [3.63, 3.8) is 0 Å². The summed E-state index contributed by atoms with van der Waals surface area (Å²) in [6.45, 7) is 4.61. The lowest BCUT2D eigenvalue weighted by Crippen LogP contribution is -1.97. The van der Waals surface area contributed by atoms with Crippen molar-refractivity contribution in [3.8, 4) is 28.3 Å². The van der Waals surface area contributed by atoms with Crippen LogP contribution in [0.5, 0.6) is 5.75 Å². The van der Waals surface area contributed by atoms with E-state index in [-0.39, 0.29) is 0 Å². The number of imidazole rings is 1. The first-order valence-electron chi connectivity index (χ1n) is 9.39. The Labute approximate surface area is 170 Å². The molecule has 5 nitrogen and oxygen atoms in total. The molecule has 29 heavy (non-hydrogen) atoms. The fourth-order valence-electron chi connectivity index (χ4n) is 3.36. The van der Waals surface area contributed by atoms with Crippen molar-refractivity contribution in [1.29, 1.82) is 0 Å². The van der Waals surface area contributed by atoms with Crippen LogP contribution in [0.15, 0.2) is 71.8 Å². The van der Waals surface area contributed by atoms with Gasteiger partial charge in [-0.2, -0.15) is 0 Å². The van der Waals surface area contributed by atoms with E-state index in [1.807, 2.05) is 68.6 Å². The molecule has 2 heterocycles. The van der Waals surface area contributed by atoms with Crippen molar-refractivity contribution in [2.75, 3.05) is 12.9 Å². The Morgan fingerprint density at radius 3 is 2.21 bits per heavy atom. The van der Waals surface area contributed by atoms with E-state index in [4.69, 9.17) is 9.72 Å². The molecule has 2 aromatic carbocycles. The molecule has 0 radical (unpaired) electrons. The minimum absolute atomic E-state index is 0.300. The fourth-order valence-corrected chi connectivity index (χ4v) is 3.99. The quantitative estimate of drug-likeness (QED) is 0.479. The number of aryl methyl sites for hydroxylation is 1. The van der Waals surface area contributed by atoms with Crippen LogP contribution in [0.1, 0.15) is 12.5 Å². The molecule has 0 unspecified atom stereocenters.